The Morgan fingerprint density at radius 3 is 2.62 bits per heavy atom. The summed E-state index contributed by atoms with van der Waals surface area (Å²) in [4.78, 5) is 10.2. The lowest BCUT2D eigenvalue weighted by molar-refractivity contribution is -0.384. The van der Waals surface area contributed by atoms with Crippen LogP contribution in [0.4, 0.5) is 20.2 Å². The Balaban J connectivity index is 2.26. The van der Waals surface area contributed by atoms with Crippen LogP contribution in [0.3, 0.4) is 0 Å². The molecule has 1 aromatic rings. The molecule has 1 aliphatic carbocycles. The van der Waals surface area contributed by atoms with Gasteiger partial charge in [0.1, 0.15) is 11.5 Å². The van der Waals surface area contributed by atoms with Gasteiger partial charge in [0.25, 0.3) is 5.69 Å². The van der Waals surface area contributed by atoms with E-state index in [0.29, 0.717) is 6.07 Å². The molecule has 0 heterocycles. The Morgan fingerprint density at radius 2 is 2.05 bits per heavy atom. The van der Waals surface area contributed by atoms with Crippen LogP contribution in [0.1, 0.15) is 40.0 Å². The highest BCUT2D eigenvalue weighted by atomic mass is 19.1. The molecule has 2 atom stereocenters. The van der Waals surface area contributed by atoms with Crippen molar-refractivity contribution in [3.8, 4) is 0 Å². The molecule has 1 aromatic carbocycles. The van der Waals surface area contributed by atoms with Gasteiger partial charge in [-0.15, -0.1) is 0 Å². The maximum atomic E-state index is 13.9. The van der Waals surface area contributed by atoms with Gasteiger partial charge in [-0.3, -0.25) is 10.1 Å². The van der Waals surface area contributed by atoms with Gasteiger partial charge in [0.15, 0.2) is 5.82 Å². The summed E-state index contributed by atoms with van der Waals surface area (Å²) in [5, 5.41) is 13.9. The number of hydrogen-bond acceptors (Lipinski definition) is 3. The zero-order valence-electron chi connectivity index (χ0n) is 12.5. The summed E-state index contributed by atoms with van der Waals surface area (Å²) in [7, 11) is 0. The van der Waals surface area contributed by atoms with E-state index < -0.39 is 22.2 Å². The highest BCUT2D eigenvalue weighted by molar-refractivity contribution is 5.63. The van der Waals surface area contributed by atoms with Crippen LogP contribution in [0.5, 0.6) is 0 Å². The molecule has 1 saturated carbocycles. The van der Waals surface area contributed by atoms with Gasteiger partial charge in [-0.25, -0.2) is 8.78 Å². The predicted octanol–water partition coefficient (Wildman–Crippen LogP) is 4.50. The van der Waals surface area contributed by atoms with Gasteiger partial charge in [0, 0.05) is 12.1 Å². The average molecular weight is 298 g/mol. The molecule has 1 fully saturated rings. The van der Waals surface area contributed by atoms with Crippen LogP contribution >= 0.6 is 0 Å². The Bertz CT molecular complexity index is 561. The van der Waals surface area contributed by atoms with Gasteiger partial charge in [0.05, 0.1) is 11.0 Å². The summed E-state index contributed by atoms with van der Waals surface area (Å²) >= 11 is 0. The zero-order chi connectivity index (χ0) is 15.8. The molecule has 1 aliphatic rings. The first kappa shape index (κ1) is 15.7. The third-order valence-corrected chi connectivity index (χ3v) is 4.25. The summed E-state index contributed by atoms with van der Waals surface area (Å²) in [6, 6.07) is 1.38. The summed E-state index contributed by atoms with van der Waals surface area (Å²) in [6.45, 7) is 6.41. The Labute approximate surface area is 122 Å². The maximum absolute atomic E-state index is 13.9. The summed E-state index contributed by atoms with van der Waals surface area (Å²) in [6.07, 6.45) is 2.73. The van der Waals surface area contributed by atoms with Crippen LogP contribution in [0.15, 0.2) is 12.1 Å². The number of nitrogens with one attached hydrogen (secondary N) is 1. The minimum atomic E-state index is -0.942. The molecule has 0 amide bonds. The molecule has 2 unspecified atom stereocenters. The first-order valence-corrected chi connectivity index (χ1v) is 7.09. The number of benzene rings is 1. The van der Waals surface area contributed by atoms with E-state index in [1.165, 1.54) is 0 Å². The van der Waals surface area contributed by atoms with Crippen LogP contribution in [0.2, 0.25) is 0 Å². The number of nitro groups is 1. The van der Waals surface area contributed by atoms with E-state index in [1.54, 1.807) is 0 Å². The van der Waals surface area contributed by atoms with Crippen LogP contribution < -0.4 is 5.32 Å². The zero-order valence-corrected chi connectivity index (χ0v) is 12.5. The van der Waals surface area contributed by atoms with Gasteiger partial charge in [0.2, 0.25) is 0 Å². The second-order valence-electron chi connectivity index (χ2n) is 6.67. The van der Waals surface area contributed by atoms with E-state index in [0.717, 1.165) is 25.3 Å². The number of halogens is 2. The monoisotopic (exact) mass is 298 g/mol. The second-order valence-corrected chi connectivity index (χ2v) is 6.67. The molecule has 6 heteroatoms. The lowest BCUT2D eigenvalue weighted by Gasteiger charge is -2.39. The first-order valence-electron chi connectivity index (χ1n) is 7.09. The molecule has 0 aliphatic heterocycles. The van der Waals surface area contributed by atoms with E-state index in [1.807, 2.05) is 6.92 Å². The highest BCUT2D eigenvalue weighted by Crippen LogP contribution is 2.40. The third kappa shape index (κ3) is 3.49. The SMILES string of the molecule is CC1CC(C)(C)CCC1Nc1c(F)cc(F)cc1[N+](=O)[O-]. The molecule has 116 valence electrons. The molecule has 0 spiro atoms. The van der Waals surface area contributed by atoms with Crippen molar-refractivity contribution in [2.24, 2.45) is 11.3 Å². The van der Waals surface area contributed by atoms with Crippen molar-refractivity contribution in [2.45, 2.75) is 46.1 Å². The van der Waals surface area contributed by atoms with Crippen LogP contribution in [-0.2, 0) is 0 Å². The Kier molecular flexibility index (Phi) is 4.16. The number of nitrogens with zero attached hydrogens (tertiary/aromatic N) is 1. The minimum absolute atomic E-state index is 0.0447. The third-order valence-electron chi connectivity index (χ3n) is 4.25. The van der Waals surface area contributed by atoms with Crippen LogP contribution in [0, 0.1) is 33.1 Å². The molecular weight excluding hydrogens is 278 g/mol. The van der Waals surface area contributed by atoms with Gasteiger partial charge < -0.3 is 5.32 Å². The minimum Gasteiger partial charge on any atom is -0.374 e. The summed E-state index contributed by atoms with van der Waals surface area (Å²) in [5.41, 5.74) is -0.535. The van der Waals surface area contributed by atoms with E-state index in [4.69, 9.17) is 0 Å². The van der Waals surface area contributed by atoms with E-state index >= 15 is 0 Å². The van der Waals surface area contributed by atoms with Crippen molar-refractivity contribution < 1.29 is 13.7 Å². The number of hydrogen-bond donors (Lipinski definition) is 1. The molecule has 21 heavy (non-hydrogen) atoms. The quantitative estimate of drug-likeness (QED) is 0.660. The van der Waals surface area contributed by atoms with Gasteiger partial charge in [-0.05, 0) is 30.6 Å². The maximum Gasteiger partial charge on any atom is 0.298 e. The predicted molar refractivity (Wildman–Crippen MR) is 77.2 cm³/mol. The molecule has 1 N–H and O–H groups in total. The van der Waals surface area contributed by atoms with Crippen molar-refractivity contribution in [1.29, 1.82) is 0 Å². The summed E-state index contributed by atoms with van der Waals surface area (Å²) in [5.74, 6) is -1.60. The molecular formula is C15H20F2N2O2. The number of rotatable bonds is 3. The second kappa shape index (κ2) is 5.58. The molecule has 0 aromatic heterocycles. The van der Waals surface area contributed by atoms with Gasteiger partial charge >= 0.3 is 0 Å². The van der Waals surface area contributed by atoms with E-state index in [9.17, 15) is 18.9 Å². The normalized spacial score (nSPS) is 24.6. The highest BCUT2D eigenvalue weighted by Gasteiger charge is 2.34. The standard InChI is InChI=1S/C15H20F2N2O2/c1-9-8-15(2,3)5-4-12(9)18-14-11(17)6-10(16)7-13(14)19(20)21/h6-7,9,12,18H,4-5,8H2,1-3H3. The van der Waals surface area contributed by atoms with E-state index in [2.05, 4.69) is 19.2 Å². The first-order chi connectivity index (χ1) is 9.69. The number of anilines is 1. The molecule has 0 saturated heterocycles. The fourth-order valence-corrected chi connectivity index (χ4v) is 3.19. The lowest BCUT2D eigenvalue weighted by atomic mass is 9.70. The fourth-order valence-electron chi connectivity index (χ4n) is 3.19. The summed E-state index contributed by atoms with van der Waals surface area (Å²) < 4.78 is 27.1. The van der Waals surface area contributed by atoms with Crippen molar-refractivity contribution >= 4 is 11.4 Å². The Hall–Kier alpha value is -1.72. The number of nitro benzene ring substituents is 1. The van der Waals surface area contributed by atoms with Gasteiger partial charge in [-0.2, -0.15) is 0 Å². The lowest BCUT2D eigenvalue weighted by Crippen LogP contribution is -2.37. The largest absolute Gasteiger partial charge is 0.374 e. The average Bonchev–Trinajstić information content (AvgIpc) is 2.33. The molecule has 2 rings (SSSR count). The van der Waals surface area contributed by atoms with E-state index in [-0.39, 0.29) is 23.1 Å². The Morgan fingerprint density at radius 1 is 1.38 bits per heavy atom. The topological polar surface area (TPSA) is 55.2 Å². The van der Waals surface area contributed by atoms with Crippen molar-refractivity contribution in [1.82, 2.24) is 0 Å². The van der Waals surface area contributed by atoms with Gasteiger partial charge in [-0.1, -0.05) is 20.8 Å². The van der Waals surface area contributed by atoms with Crippen molar-refractivity contribution in [3.63, 3.8) is 0 Å². The smallest absolute Gasteiger partial charge is 0.298 e. The van der Waals surface area contributed by atoms with Crippen LogP contribution in [0.25, 0.3) is 0 Å². The fraction of sp³-hybridized carbons (Fsp3) is 0.600. The van der Waals surface area contributed by atoms with Crippen molar-refractivity contribution in [2.75, 3.05) is 5.32 Å². The molecule has 4 nitrogen and oxygen atoms in total. The molecule has 0 bridgehead atoms. The van der Waals surface area contributed by atoms with Crippen molar-refractivity contribution in [3.05, 3.63) is 33.9 Å². The molecule has 0 radical (unpaired) electrons. The van der Waals surface area contributed by atoms with Crippen LogP contribution in [-0.4, -0.2) is 11.0 Å².